The summed E-state index contributed by atoms with van der Waals surface area (Å²) in [7, 11) is 0. The minimum absolute atomic E-state index is 0.159. The highest BCUT2D eigenvalue weighted by Gasteiger charge is 2.14. The summed E-state index contributed by atoms with van der Waals surface area (Å²) >= 11 is 3.49. The van der Waals surface area contributed by atoms with Crippen molar-refractivity contribution in [3.63, 3.8) is 0 Å². The van der Waals surface area contributed by atoms with E-state index in [1.165, 1.54) is 20.7 Å². The Morgan fingerprint density at radius 2 is 2.29 bits per heavy atom. The van der Waals surface area contributed by atoms with Crippen molar-refractivity contribution in [1.29, 1.82) is 0 Å². The van der Waals surface area contributed by atoms with Crippen molar-refractivity contribution in [1.82, 2.24) is 10.2 Å². The first-order valence-electron chi connectivity index (χ1n) is 6.89. The second-order valence-corrected chi connectivity index (χ2v) is 7.14. The molecule has 0 aliphatic heterocycles. The van der Waals surface area contributed by atoms with Crippen LogP contribution in [0.25, 0.3) is 10.2 Å². The molecule has 0 aliphatic rings. The van der Waals surface area contributed by atoms with E-state index in [4.69, 9.17) is 5.73 Å². The van der Waals surface area contributed by atoms with E-state index in [9.17, 15) is 0 Å². The number of nitrogens with one attached hydrogen (secondary N) is 1. The number of fused-ring (bicyclic) bond motifs is 1. The molecule has 1 atom stereocenters. The second kappa shape index (κ2) is 6.09. The molecule has 0 radical (unpaired) electrons. The van der Waals surface area contributed by atoms with Crippen molar-refractivity contribution >= 4 is 38.6 Å². The maximum absolute atomic E-state index is 5.93. The molecule has 0 aromatic carbocycles. The van der Waals surface area contributed by atoms with E-state index in [2.05, 4.69) is 39.3 Å². The van der Waals surface area contributed by atoms with Crippen LogP contribution in [0.3, 0.4) is 0 Å². The minimum Gasteiger partial charge on any atom is -0.378 e. The van der Waals surface area contributed by atoms with Gasteiger partial charge in [0, 0.05) is 17.5 Å². The summed E-state index contributed by atoms with van der Waals surface area (Å²) in [4.78, 5) is 1.30. The van der Waals surface area contributed by atoms with Gasteiger partial charge in [-0.15, -0.1) is 16.4 Å². The monoisotopic (exact) mass is 318 g/mol. The highest BCUT2D eigenvalue weighted by molar-refractivity contribution is 7.19. The lowest BCUT2D eigenvalue weighted by Gasteiger charge is -2.05. The molecular weight excluding hydrogens is 300 g/mol. The smallest absolute Gasteiger partial charge is 0.109 e. The van der Waals surface area contributed by atoms with Crippen LogP contribution < -0.4 is 11.1 Å². The average Bonchev–Trinajstić information content (AvgIpc) is 3.06. The number of nitrogens with two attached hydrogens (primary N) is 1. The summed E-state index contributed by atoms with van der Waals surface area (Å²) in [5.74, 6) is 0. The normalized spacial score (nSPS) is 12.7. The minimum atomic E-state index is 0.159. The molecule has 110 valence electrons. The quantitative estimate of drug-likeness (QED) is 0.755. The lowest BCUT2D eigenvalue weighted by molar-refractivity contribution is 0.744. The van der Waals surface area contributed by atoms with Crippen molar-refractivity contribution in [2.45, 2.75) is 32.9 Å². The third-order valence-electron chi connectivity index (χ3n) is 3.37. The maximum Gasteiger partial charge on any atom is 0.109 e. The van der Waals surface area contributed by atoms with Crippen molar-refractivity contribution in [3.05, 3.63) is 39.0 Å². The molecule has 0 fully saturated rings. The summed E-state index contributed by atoms with van der Waals surface area (Å²) < 4.78 is 1.17. The third kappa shape index (κ3) is 3.07. The van der Waals surface area contributed by atoms with Gasteiger partial charge in [0.05, 0.1) is 16.6 Å². The Labute approximate surface area is 132 Å². The van der Waals surface area contributed by atoms with E-state index in [1.807, 2.05) is 6.92 Å². The zero-order valence-corrected chi connectivity index (χ0v) is 13.7. The molecule has 3 aromatic heterocycles. The summed E-state index contributed by atoms with van der Waals surface area (Å²) in [6.45, 7) is 4.95. The molecule has 0 spiro atoms. The van der Waals surface area contributed by atoms with Gasteiger partial charge in [0.1, 0.15) is 5.52 Å². The number of nitrogens with zero attached hydrogens (tertiary/aromatic N) is 2. The van der Waals surface area contributed by atoms with Crippen LogP contribution in [0.15, 0.2) is 23.0 Å². The lowest BCUT2D eigenvalue weighted by Crippen LogP contribution is -2.17. The number of hydrogen-bond acceptors (Lipinski definition) is 6. The third-order valence-corrected chi connectivity index (χ3v) is 5.44. The fraction of sp³-hybridized carbons (Fsp3) is 0.333. The van der Waals surface area contributed by atoms with Gasteiger partial charge < -0.3 is 11.1 Å². The standard InChI is InChI=1S/C15H18N4S2/c1-9(16)5-13-10(2)14-15(21-13)12(7-18-19-14)17-6-11-3-4-20-8-11/h3-4,7-9H,5-6,16H2,1-2H3,(H,17,19)/t9-/m0/s1. The molecule has 0 unspecified atom stereocenters. The molecular formula is C15H18N4S2. The van der Waals surface area contributed by atoms with Gasteiger partial charge in [-0.25, -0.2) is 0 Å². The molecule has 3 N–H and O–H groups in total. The van der Waals surface area contributed by atoms with Crippen LogP contribution in [0.4, 0.5) is 5.69 Å². The van der Waals surface area contributed by atoms with E-state index >= 15 is 0 Å². The van der Waals surface area contributed by atoms with Gasteiger partial charge in [-0.1, -0.05) is 0 Å². The Hall–Kier alpha value is -1.50. The lowest BCUT2D eigenvalue weighted by atomic mass is 10.1. The van der Waals surface area contributed by atoms with Crippen molar-refractivity contribution in [2.75, 3.05) is 5.32 Å². The van der Waals surface area contributed by atoms with E-state index in [-0.39, 0.29) is 6.04 Å². The summed E-state index contributed by atoms with van der Waals surface area (Å²) in [5.41, 5.74) is 10.5. The van der Waals surface area contributed by atoms with Crippen LogP contribution in [0.5, 0.6) is 0 Å². The van der Waals surface area contributed by atoms with E-state index < -0.39 is 0 Å². The molecule has 0 amide bonds. The number of thiophene rings is 2. The van der Waals surface area contributed by atoms with Gasteiger partial charge >= 0.3 is 0 Å². The fourth-order valence-corrected chi connectivity index (χ4v) is 4.30. The van der Waals surface area contributed by atoms with Crippen LogP contribution >= 0.6 is 22.7 Å². The van der Waals surface area contributed by atoms with Crippen LogP contribution in [-0.2, 0) is 13.0 Å². The Bertz CT molecular complexity index is 732. The first-order valence-corrected chi connectivity index (χ1v) is 8.65. The zero-order valence-electron chi connectivity index (χ0n) is 12.1. The van der Waals surface area contributed by atoms with Gasteiger partial charge in [-0.3, -0.25) is 0 Å². The highest BCUT2D eigenvalue weighted by Crippen LogP contribution is 2.34. The molecule has 0 bridgehead atoms. The first-order chi connectivity index (χ1) is 10.1. The van der Waals surface area contributed by atoms with Gasteiger partial charge in [0.15, 0.2) is 0 Å². The van der Waals surface area contributed by atoms with Gasteiger partial charge in [0.2, 0.25) is 0 Å². The van der Waals surface area contributed by atoms with Crippen molar-refractivity contribution < 1.29 is 0 Å². The predicted molar refractivity (Wildman–Crippen MR) is 91.2 cm³/mol. The number of anilines is 1. The molecule has 6 heteroatoms. The number of aryl methyl sites for hydroxylation is 1. The Morgan fingerprint density at radius 1 is 1.43 bits per heavy atom. The van der Waals surface area contributed by atoms with Crippen molar-refractivity contribution in [3.8, 4) is 0 Å². The molecule has 3 heterocycles. The van der Waals surface area contributed by atoms with Gasteiger partial charge in [-0.05, 0) is 48.2 Å². The summed E-state index contributed by atoms with van der Waals surface area (Å²) in [5, 5.41) is 16.1. The zero-order chi connectivity index (χ0) is 14.8. The van der Waals surface area contributed by atoms with E-state index in [0.29, 0.717) is 0 Å². The number of aromatic nitrogens is 2. The summed E-state index contributed by atoms with van der Waals surface area (Å²) in [6, 6.07) is 2.29. The molecule has 3 rings (SSSR count). The summed E-state index contributed by atoms with van der Waals surface area (Å²) in [6.07, 6.45) is 2.69. The van der Waals surface area contributed by atoms with E-state index in [1.54, 1.807) is 28.9 Å². The number of rotatable bonds is 5. The maximum atomic E-state index is 5.93. The molecule has 21 heavy (non-hydrogen) atoms. The number of hydrogen-bond donors (Lipinski definition) is 2. The van der Waals surface area contributed by atoms with Crippen LogP contribution in [0, 0.1) is 6.92 Å². The first kappa shape index (κ1) is 14.4. The van der Waals surface area contributed by atoms with Gasteiger partial charge in [-0.2, -0.15) is 16.4 Å². The highest BCUT2D eigenvalue weighted by atomic mass is 32.1. The van der Waals surface area contributed by atoms with Crippen LogP contribution in [0.2, 0.25) is 0 Å². The average molecular weight is 318 g/mol. The molecule has 0 aliphatic carbocycles. The molecule has 0 saturated heterocycles. The largest absolute Gasteiger partial charge is 0.378 e. The van der Waals surface area contributed by atoms with Gasteiger partial charge in [0.25, 0.3) is 0 Å². The Morgan fingerprint density at radius 3 is 3.00 bits per heavy atom. The Kier molecular flexibility index (Phi) is 4.19. The van der Waals surface area contributed by atoms with Crippen LogP contribution in [-0.4, -0.2) is 16.2 Å². The van der Waals surface area contributed by atoms with E-state index in [0.717, 1.165) is 24.2 Å². The molecule has 4 nitrogen and oxygen atoms in total. The Balaban J connectivity index is 1.91. The molecule has 0 saturated carbocycles. The topological polar surface area (TPSA) is 63.8 Å². The van der Waals surface area contributed by atoms with Crippen LogP contribution in [0.1, 0.15) is 22.9 Å². The predicted octanol–water partition coefficient (Wildman–Crippen LogP) is 3.56. The fourth-order valence-electron chi connectivity index (χ4n) is 2.26. The van der Waals surface area contributed by atoms with Crippen molar-refractivity contribution in [2.24, 2.45) is 5.73 Å². The second-order valence-electron chi connectivity index (χ2n) is 5.25. The SMILES string of the molecule is Cc1c(C[C@H](C)N)sc2c(NCc3ccsc3)cnnc12. The molecule has 3 aromatic rings.